The first-order valence-electron chi connectivity index (χ1n) is 8.26. The molecular formula is C20H12N4O3. The van der Waals surface area contributed by atoms with Crippen LogP contribution in [0.15, 0.2) is 75.8 Å². The molecule has 0 aliphatic rings. The largest absolute Gasteiger partial charge is 0.459 e. The van der Waals surface area contributed by atoms with Gasteiger partial charge in [-0.3, -0.25) is 10.1 Å². The van der Waals surface area contributed by atoms with Gasteiger partial charge in [0.05, 0.1) is 22.9 Å². The Morgan fingerprint density at radius 3 is 2.22 bits per heavy atom. The highest BCUT2D eigenvalue weighted by Crippen LogP contribution is 2.27. The molecule has 3 aromatic heterocycles. The van der Waals surface area contributed by atoms with Crippen molar-refractivity contribution in [1.82, 2.24) is 15.2 Å². The summed E-state index contributed by atoms with van der Waals surface area (Å²) in [7, 11) is 0. The van der Waals surface area contributed by atoms with E-state index in [1.165, 1.54) is 6.26 Å². The quantitative estimate of drug-likeness (QED) is 0.485. The number of nitrogens with zero attached hydrogens (tertiary/aromatic N) is 3. The van der Waals surface area contributed by atoms with Gasteiger partial charge in [0.15, 0.2) is 5.76 Å². The first kappa shape index (κ1) is 15.3. The van der Waals surface area contributed by atoms with Crippen molar-refractivity contribution >= 4 is 33.7 Å². The normalized spacial score (nSPS) is 11.1. The van der Waals surface area contributed by atoms with Crippen LogP contribution in [0.5, 0.6) is 0 Å². The van der Waals surface area contributed by atoms with Crippen LogP contribution in [0.25, 0.3) is 33.5 Å². The van der Waals surface area contributed by atoms with Gasteiger partial charge in [-0.05, 0) is 24.3 Å². The lowest BCUT2D eigenvalue weighted by molar-refractivity contribution is 0.102. The molecule has 7 heteroatoms. The third-order valence-corrected chi connectivity index (χ3v) is 4.19. The van der Waals surface area contributed by atoms with Crippen molar-refractivity contribution in [2.24, 2.45) is 0 Å². The maximum absolute atomic E-state index is 13.0. The van der Waals surface area contributed by atoms with Gasteiger partial charge in [0.1, 0.15) is 0 Å². The molecule has 3 heterocycles. The van der Waals surface area contributed by atoms with Crippen LogP contribution in [-0.2, 0) is 0 Å². The Hall–Kier alpha value is -4.00. The molecule has 0 aliphatic heterocycles. The van der Waals surface area contributed by atoms with Gasteiger partial charge in [-0.15, -0.1) is 5.10 Å². The van der Waals surface area contributed by atoms with Crippen LogP contribution in [-0.4, -0.2) is 21.1 Å². The number of carbonyl (C=O) groups is 1. The second kappa shape index (κ2) is 6.06. The lowest BCUT2D eigenvalue weighted by Gasteiger charge is -2.09. The van der Waals surface area contributed by atoms with Gasteiger partial charge in [0.25, 0.3) is 11.8 Å². The van der Waals surface area contributed by atoms with E-state index in [1.54, 1.807) is 12.1 Å². The highest BCUT2D eigenvalue weighted by molar-refractivity contribution is 6.20. The topological polar surface area (TPSA) is 94.1 Å². The zero-order valence-corrected chi connectivity index (χ0v) is 13.9. The lowest BCUT2D eigenvalue weighted by atomic mass is 10.0. The second-order valence-corrected chi connectivity index (χ2v) is 5.86. The summed E-state index contributed by atoms with van der Waals surface area (Å²) in [5.41, 5.74) is 1.99. The molecule has 7 nitrogen and oxygen atoms in total. The fourth-order valence-electron chi connectivity index (χ4n) is 3.02. The minimum atomic E-state index is -0.348. The molecule has 5 rings (SSSR count). The number of hydrogen-bond donors (Lipinski definition) is 1. The van der Waals surface area contributed by atoms with Gasteiger partial charge in [-0.1, -0.05) is 41.5 Å². The molecule has 0 saturated carbocycles. The van der Waals surface area contributed by atoms with Crippen molar-refractivity contribution in [1.29, 1.82) is 0 Å². The molecule has 0 radical (unpaired) electrons. The summed E-state index contributed by atoms with van der Waals surface area (Å²) in [6.45, 7) is 0. The lowest BCUT2D eigenvalue weighted by Crippen LogP contribution is -2.13. The molecule has 0 atom stereocenters. The van der Waals surface area contributed by atoms with Crippen LogP contribution in [0, 0.1) is 0 Å². The summed E-state index contributed by atoms with van der Waals surface area (Å²) < 4.78 is 10.7. The van der Waals surface area contributed by atoms with Crippen LogP contribution in [0.1, 0.15) is 10.4 Å². The van der Waals surface area contributed by atoms with E-state index < -0.39 is 0 Å². The van der Waals surface area contributed by atoms with Crippen molar-refractivity contribution in [3.8, 4) is 11.7 Å². The highest BCUT2D eigenvalue weighted by atomic mass is 16.4. The summed E-state index contributed by atoms with van der Waals surface area (Å²) in [5, 5.41) is 11.9. The van der Waals surface area contributed by atoms with Crippen molar-refractivity contribution in [3.63, 3.8) is 0 Å². The molecule has 0 saturated heterocycles. The van der Waals surface area contributed by atoms with Gasteiger partial charge in [0, 0.05) is 10.8 Å². The van der Waals surface area contributed by atoms with Crippen LogP contribution in [0.2, 0.25) is 0 Å². The molecule has 27 heavy (non-hydrogen) atoms. The first-order valence-corrected chi connectivity index (χ1v) is 8.26. The van der Waals surface area contributed by atoms with Crippen LogP contribution in [0.4, 0.5) is 6.01 Å². The average Bonchev–Trinajstić information content (AvgIpc) is 3.37. The number of pyridine rings is 1. The molecular weight excluding hydrogens is 344 g/mol. The molecule has 1 N–H and O–H groups in total. The van der Waals surface area contributed by atoms with Gasteiger partial charge < -0.3 is 8.83 Å². The molecule has 0 aliphatic carbocycles. The van der Waals surface area contributed by atoms with Gasteiger partial charge >= 0.3 is 6.01 Å². The average molecular weight is 356 g/mol. The highest BCUT2D eigenvalue weighted by Gasteiger charge is 2.19. The summed E-state index contributed by atoms with van der Waals surface area (Å²) in [6.07, 6.45) is 1.51. The van der Waals surface area contributed by atoms with Crippen LogP contribution < -0.4 is 5.32 Å². The second-order valence-electron chi connectivity index (χ2n) is 5.86. The molecule has 5 aromatic rings. The van der Waals surface area contributed by atoms with Gasteiger partial charge in [-0.2, -0.15) is 0 Å². The number of anilines is 1. The number of fused-ring (bicyclic) bond motifs is 2. The number of para-hydroxylation sites is 2. The molecule has 1 amide bonds. The maximum Gasteiger partial charge on any atom is 0.322 e. The minimum absolute atomic E-state index is 0.00336. The van der Waals surface area contributed by atoms with E-state index in [0.29, 0.717) is 11.3 Å². The van der Waals surface area contributed by atoms with E-state index in [-0.39, 0.29) is 17.8 Å². The standard InChI is InChI=1S/C20H12N4O3/c25-18(22-20-24-23-19(27-20)16-10-5-11-26-16)17-12-6-1-3-8-14(12)21-15-9-4-2-7-13(15)17/h1-11H,(H,22,24,25). The van der Waals surface area contributed by atoms with E-state index in [0.717, 1.165) is 21.8 Å². The smallest absolute Gasteiger partial charge is 0.322 e. The Labute approximate surface area is 152 Å². The Morgan fingerprint density at radius 1 is 0.852 bits per heavy atom. The van der Waals surface area contributed by atoms with Crippen molar-refractivity contribution in [2.75, 3.05) is 5.32 Å². The number of hydrogen-bond acceptors (Lipinski definition) is 6. The minimum Gasteiger partial charge on any atom is -0.459 e. The van der Waals surface area contributed by atoms with E-state index in [1.807, 2.05) is 48.5 Å². The predicted molar refractivity (Wildman–Crippen MR) is 99.2 cm³/mol. The number of benzene rings is 2. The zero-order chi connectivity index (χ0) is 18.2. The number of nitrogens with one attached hydrogen (secondary N) is 1. The van der Waals surface area contributed by atoms with Crippen molar-refractivity contribution in [3.05, 3.63) is 72.5 Å². The number of amides is 1. The number of carbonyl (C=O) groups excluding carboxylic acids is 1. The van der Waals surface area contributed by atoms with Crippen molar-refractivity contribution in [2.45, 2.75) is 0 Å². The summed E-state index contributed by atoms with van der Waals surface area (Å²) in [5.74, 6) is 0.280. The fraction of sp³-hybridized carbons (Fsp3) is 0. The Kier molecular flexibility index (Phi) is 3.43. The third-order valence-electron chi connectivity index (χ3n) is 4.19. The van der Waals surface area contributed by atoms with E-state index in [9.17, 15) is 4.79 Å². The van der Waals surface area contributed by atoms with Crippen LogP contribution >= 0.6 is 0 Å². The fourth-order valence-corrected chi connectivity index (χ4v) is 3.02. The SMILES string of the molecule is O=C(Nc1nnc(-c2ccco2)o1)c1c2ccccc2nc2ccccc12. The molecule has 0 fully saturated rings. The number of rotatable bonds is 3. The molecule has 130 valence electrons. The summed E-state index contributed by atoms with van der Waals surface area (Å²) in [4.78, 5) is 17.7. The van der Waals surface area contributed by atoms with Crippen molar-refractivity contribution < 1.29 is 13.6 Å². The molecule has 0 bridgehead atoms. The summed E-state index contributed by atoms with van der Waals surface area (Å²) in [6, 6.07) is 18.4. The summed E-state index contributed by atoms with van der Waals surface area (Å²) >= 11 is 0. The first-order chi connectivity index (χ1) is 13.3. The molecule has 2 aromatic carbocycles. The van der Waals surface area contributed by atoms with E-state index >= 15 is 0 Å². The van der Waals surface area contributed by atoms with E-state index in [4.69, 9.17) is 8.83 Å². The number of aromatic nitrogens is 3. The zero-order valence-electron chi connectivity index (χ0n) is 13.9. The Morgan fingerprint density at radius 2 is 1.56 bits per heavy atom. The number of furan rings is 1. The third kappa shape index (κ3) is 2.62. The van der Waals surface area contributed by atoms with E-state index in [2.05, 4.69) is 20.5 Å². The Balaban J connectivity index is 1.59. The van der Waals surface area contributed by atoms with Crippen LogP contribution in [0.3, 0.4) is 0 Å². The van der Waals surface area contributed by atoms with Gasteiger partial charge in [0.2, 0.25) is 0 Å². The maximum atomic E-state index is 13.0. The Bertz CT molecular complexity index is 1220. The molecule has 0 unspecified atom stereocenters. The monoisotopic (exact) mass is 356 g/mol. The van der Waals surface area contributed by atoms with Gasteiger partial charge in [-0.25, -0.2) is 4.98 Å². The molecule has 0 spiro atoms. The predicted octanol–water partition coefficient (Wildman–Crippen LogP) is 4.28.